The summed E-state index contributed by atoms with van der Waals surface area (Å²) in [6.07, 6.45) is 0. The number of rotatable bonds is 6. The molecule has 126 valence electrons. The second-order valence-electron chi connectivity index (χ2n) is 4.64. The van der Waals surface area contributed by atoms with E-state index in [0.29, 0.717) is 15.5 Å². The van der Waals surface area contributed by atoms with Gasteiger partial charge in [-0.25, -0.2) is 12.8 Å². The molecule has 4 nitrogen and oxygen atoms in total. The molecule has 0 radical (unpaired) electrons. The predicted molar refractivity (Wildman–Crippen MR) is 90.8 cm³/mol. The van der Waals surface area contributed by atoms with Crippen LogP contribution >= 0.6 is 23.4 Å². The zero-order valence-electron chi connectivity index (χ0n) is 12.6. The van der Waals surface area contributed by atoms with Crippen LogP contribution in [0.3, 0.4) is 0 Å². The lowest BCUT2D eigenvalue weighted by Gasteiger charge is -2.11. The van der Waals surface area contributed by atoms with Gasteiger partial charge in [-0.2, -0.15) is 5.26 Å². The number of nitrogens with zero attached hydrogens (tertiary/aromatic N) is 1. The minimum Gasteiger partial charge on any atom is -0.478 e. The summed E-state index contributed by atoms with van der Waals surface area (Å²) in [7, 11) is -3.35. The molecule has 0 N–H and O–H groups in total. The zero-order chi connectivity index (χ0) is 17.7. The Bertz CT molecular complexity index is 895. The molecule has 0 saturated heterocycles. The fraction of sp³-hybridized carbons (Fsp3) is 0.188. The Morgan fingerprint density at radius 3 is 2.62 bits per heavy atom. The summed E-state index contributed by atoms with van der Waals surface area (Å²) < 4.78 is 42.5. The van der Waals surface area contributed by atoms with E-state index in [9.17, 15) is 12.8 Å². The monoisotopic (exact) mass is 385 g/mol. The molecule has 24 heavy (non-hydrogen) atoms. The standard InChI is InChI=1S/C16H13ClFNO3S2/c1-2-24(20,21)12-4-6-15(13(17)10-12)23-16-9-11(18)3-5-14(16)22-8-7-19/h3-6,9-10H,2,8H2,1H3. The van der Waals surface area contributed by atoms with Gasteiger partial charge in [0.1, 0.15) is 17.6 Å². The van der Waals surface area contributed by atoms with Crippen molar-refractivity contribution in [1.29, 1.82) is 5.26 Å². The lowest BCUT2D eigenvalue weighted by Crippen LogP contribution is -2.03. The van der Waals surface area contributed by atoms with Crippen LogP contribution in [0.4, 0.5) is 4.39 Å². The highest BCUT2D eigenvalue weighted by atomic mass is 35.5. The highest BCUT2D eigenvalue weighted by molar-refractivity contribution is 7.99. The van der Waals surface area contributed by atoms with E-state index in [1.54, 1.807) is 13.0 Å². The third-order valence-corrected chi connectivity index (χ3v) is 6.33. The van der Waals surface area contributed by atoms with Gasteiger partial charge in [0.2, 0.25) is 0 Å². The highest BCUT2D eigenvalue weighted by Gasteiger charge is 2.15. The van der Waals surface area contributed by atoms with Gasteiger partial charge in [-0.3, -0.25) is 0 Å². The van der Waals surface area contributed by atoms with Crippen LogP contribution in [0, 0.1) is 17.1 Å². The van der Waals surface area contributed by atoms with Crippen molar-refractivity contribution in [1.82, 2.24) is 0 Å². The average Bonchev–Trinajstić information content (AvgIpc) is 2.56. The Kier molecular flexibility index (Phi) is 6.10. The van der Waals surface area contributed by atoms with Crippen molar-refractivity contribution in [2.45, 2.75) is 21.6 Å². The topological polar surface area (TPSA) is 67.2 Å². The van der Waals surface area contributed by atoms with Crippen molar-refractivity contribution in [3.63, 3.8) is 0 Å². The molecule has 0 atom stereocenters. The first-order valence-electron chi connectivity index (χ1n) is 6.87. The van der Waals surface area contributed by atoms with E-state index in [0.717, 1.165) is 11.8 Å². The van der Waals surface area contributed by atoms with Crippen LogP contribution in [-0.4, -0.2) is 20.8 Å². The van der Waals surface area contributed by atoms with E-state index in [4.69, 9.17) is 21.6 Å². The minimum absolute atomic E-state index is 0.0220. The van der Waals surface area contributed by atoms with E-state index in [1.165, 1.54) is 30.3 Å². The third-order valence-electron chi connectivity index (χ3n) is 3.06. The third kappa shape index (κ3) is 4.41. The highest BCUT2D eigenvalue weighted by Crippen LogP contribution is 2.39. The van der Waals surface area contributed by atoms with Crippen LogP contribution in [0.5, 0.6) is 5.75 Å². The molecule has 2 aromatic rings. The lowest BCUT2D eigenvalue weighted by molar-refractivity contribution is 0.358. The fourth-order valence-corrected chi connectivity index (χ4v) is 4.03. The van der Waals surface area contributed by atoms with Crippen LogP contribution in [0.15, 0.2) is 51.1 Å². The van der Waals surface area contributed by atoms with Gasteiger partial charge in [-0.1, -0.05) is 30.3 Å². The summed E-state index contributed by atoms with van der Waals surface area (Å²) in [5.41, 5.74) is 0. The van der Waals surface area contributed by atoms with Crippen molar-refractivity contribution in [2.24, 2.45) is 0 Å². The van der Waals surface area contributed by atoms with Gasteiger partial charge in [0.15, 0.2) is 16.4 Å². The normalized spacial score (nSPS) is 11.1. The van der Waals surface area contributed by atoms with E-state index >= 15 is 0 Å². The summed E-state index contributed by atoms with van der Waals surface area (Å²) in [5, 5.41) is 8.84. The maximum atomic E-state index is 13.5. The first-order chi connectivity index (χ1) is 11.4. The quantitative estimate of drug-likeness (QED) is 0.740. The molecule has 0 fully saturated rings. The van der Waals surface area contributed by atoms with Gasteiger partial charge in [0, 0.05) is 4.90 Å². The second-order valence-corrected chi connectivity index (χ2v) is 8.40. The Hall–Kier alpha value is -1.75. The molecule has 0 spiro atoms. The van der Waals surface area contributed by atoms with E-state index in [1.807, 2.05) is 6.07 Å². The summed E-state index contributed by atoms with van der Waals surface area (Å²) in [5.74, 6) is -0.126. The Labute approximate surface area is 149 Å². The SMILES string of the molecule is CCS(=O)(=O)c1ccc(Sc2cc(F)ccc2OCC#N)c(Cl)c1. The number of nitriles is 1. The summed E-state index contributed by atoms with van der Waals surface area (Å²) >= 11 is 7.30. The number of sulfone groups is 1. The van der Waals surface area contributed by atoms with Gasteiger partial charge in [-0.15, -0.1) is 0 Å². The maximum absolute atomic E-state index is 13.5. The molecule has 0 aliphatic rings. The van der Waals surface area contributed by atoms with Crippen molar-refractivity contribution in [2.75, 3.05) is 12.4 Å². The number of hydrogen-bond donors (Lipinski definition) is 0. The Balaban J connectivity index is 2.35. The molecule has 2 aromatic carbocycles. The first kappa shape index (κ1) is 18.6. The minimum atomic E-state index is -3.35. The summed E-state index contributed by atoms with van der Waals surface area (Å²) in [4.78, 5) is 1.14. The number of benzene rings is 2. The number of hydrogen-bond acceptors (Lipinski definition) is 5. The first-order valence-corrected chi connectivity index (χ1v) is 9.71. The van der Waals surface area contributed by atoms with Crippen molar-refractivity contribution < 1.29 is 17.5 Å². The van der Waals surface area contributed by atoms with Crippen molar-refractivity contribution >= 4 is 33.2 Å². The molecule has 0 bridgehead atoms. The fourth-order valence-electron chi connectivity index (χ4n) is 1.83. The molecule has 0 saturated carbocycles. The van der Waals surface area contributed by atoms with Crippen molar-refractivity contribution in [3.05, 3.63) is 47.2 Å². The lowest BCUT2D eigenvalue weighted by atomic mass is 10.3. The molecular formula is C16H13ClFNO3S2. The summed E-state index contributed by atoms with van der Waals surface area (Å²) in [6.45, 7) is 1.39. The zero-order valence-corrected chi connectivity index (χ0v) is 15.0. The van der Waals surface area contributed by atoms with Crippen LogP contribution in [-0.2, 0) is 9.84 Å². The van der Waals surface area contributed by atoms with Crippen LogP contribution in [0.1, 0.15) is 6.92 Å². The molecule has 0 aliphatic carbocycles. The van der Waals surface area contributed by atoms with Crippen LogP contribution in [0.2, 0.25) is 5.02 Å². The Morgan fingerprint density at radius 1 is 1.25 bits per heavy atom. The van der Waals surface area contributed by atoms with E-state index in [-0.39, 0.29) is 22.3 Å². The van der Waals surface area contributed by atoms with Crippen LogP contribution in [0.25, 0.3) is 0 Å². The number of ether oxygens (including phenoxy) is 1. The maximum Gasteiger partial charge on any atom is 0.178 e. The molecule has 8 heteroatoms. The predicted octanol–water partition coefficient (Wildman–Crippen LogP) is 4.33. The van der Waals surface area contributed by atoms with E-state index in [2.05, 4.69) is 0 Å². The smallest absolute Gasteiger partial charge is 0.178 e. The molecule has 2 rings (SSSR count). The molecular weight excluding hydrogens is 373 g/mol. The van der Waals surface area contributed by atoms with Crippen molar-refractivity contribution in [3.8, 4) is 11.8 Å². The molecule has 0 amide bonds. The summed E-state index contributed by atoms with van der Waals surface area (Å²) in [6, 6.07) is 10.2. The van der Waals surface area contributed by atoms with Crippen LogP contribution < -0.4 is 4.74 Å². The molecule has 0 aromatic heterocycles. The Morgan fingerprint density at radius 2 is 2.00 bits per heavy atom. The van der Waals surface area contributed by atoms with Gasteiger partial charge in [-0.05, 0) is 36.4 Å². The average molecular weight is 386 g/mol. The second kappa shape index (κ2) is 7.88. The largest absolute Gasteiger partial charge is 0.478 e. The molecule has 0 heterocycles. The van der Waals surface area contributed by atoms with E-state index < -0.39 is 15.7 Å². The van der Waals surface area contributed by atoms with Gasteiger partial charge >= 0.3 is 0 Å². The van der Waals surface area contributed by atoms with Gasteiger partial charge in [0.25, 0.3) is 0 Å². The van der Waals surface area contributed by atoms with Gasteiger partial charge < -0.3 is 4.74 Å². The molecule has 0 unspecified atom stereocenters. The molecule has 0 aliphatic heterocycles. The van der Waals surface area contributed by atoms with Gasteiger partial charge in [0.05, 0.1) is 20.6 Å². The number of halogens is 2.